The summed E-state index contributed by atoms with van der Waals surface area (Å²) >= 11 is 3.57. The van der Waals surface area contributed by atoms with Gasteiger partial charge in [0, 0.05) is 4.90 Å². The smallest absolute Gasteiger partial charge is 0.404 e. The number of halogens is 6. The molecule has 1 aromatic rings. The van der Waals surface area contributed by atoms with Crippen molar-refractivity contribution >= 4 is 12.6 Å². The lowest BCUT2D eigenvalue weighted by Gasteiger charge is -2.23. The Hall–Kier alpha value is -1.05. The molecular weight excluding hydrogens is 270 g/mol. The van der Waals surface area contributed by atoms with E-state index < -0.39 is 29.6 Å². The lowest BCUT2D eigenvalue weighted by Crippen LogP contribution is -2.34. The number of hydrogen-bond acceptors (Lipinski definition) is 2. The van der Waals surface area contributed by atoms with Crippen LogP contribution in [0.15, 0.2) is 23.1 Å². The standard InChI is InChI=1S/C9H6F6OS/c10-8(11,12)7(9(13,14)15)4-1-2-5(16)6(17)3-4/h1-3,7,16-17H. The second-order valence-corrected chi connectivity index (χ2v) is 3.75. The number of rotatable bonds is 1. The fraction of sp³-hybridized carbons (Fsp3) is 0.333. The first kappa shape index (κ1) is 14.0. The Labute approximate surface area is 97.5 Å². The SMILES string of the molecule is Oc1ccc(C(C(F)(F)F)C(F)(F)F)cc1S. The summed E-state index contributed by atoms with van der Waals surface area (Å²) in [5, 5.41) is 8.99. The van der Waals surface area contributed by atoms with E-state index in [2.05, 4.69) is 12.6 Å². The van der Waals surface area contributed by atoms with E-state index in [1.165, 1.54) is 0 Å². The van der Waals surface area contributed by atoms with Gasteiger partial charge >= 0.3 is 12.4 Å². The van der Waals surface area contributed by atoms with E-state index in [0.29, 0.717) is 12.1 Å². The van der Waals surface area contributed by atoms with Crippen molar-refractivity contribution in [2.24, 2.45) is 0 Å². The highest BCUT2D eigenvalue weighted by molar-refractivity contribution is 7.80. The van der Waals surface area contributed by atoms with Crippen molar-refractivity contribution in [2.75, 3.05) is 0 Å². The van der Waals surface area contributed by atoms with Crippen molar-refractivity contribution in [2.45, 2.75) is 23.2 Å². The lowest BCUT2D eigenvalue weighted by atomic mass is 9.98. The second-order valence-electron chi connectivity index (χ2n) is 3.26. The van der Waals surface area contributed by atoms with Gasteiger partial charge in [-0.05, 0) is 17.7 Å². The van der Waals surface area contributed by atoms with Crippen LogP contribution in [0.25, 0.3) is 0 Å². The van der Waals surface area contributed by atoms with E-state index in [4.69, 9.17) is 5.11 Å². The molecule has 0 fully saturated rings. The van der Waals surface area contributed by atoms with Gasteiger partial charge in [-0.3, -0.25) is 0 Å². The highest BCUT2D eigenvalue weighted by atomic mass is 32.1. The Morgan fingerprint density at radius 2 is 1.47 bits per heavy atom. The van der Waals surface area contributed by atoms with Crippen LogP contribution in [0.1, 0.15) is 11.5 Å². The number of aromatic hydroxyl groups is 1. The maximum absolute atomic E-state index is 12.3. The van der Waals surface area contributed by atoms with Gasteiger partial charge in [0.25, 0.3) is 0 Å². The molecule has 0 amide bonds. The molecule has 0 aliphatic carbocycles. The Morgan fingerprint density at radius 3 is 1.82 bits per heavy atom. The van der Waals surface area contributed by atoms with Crippen LogP contribution < -0.4 is 0 Å². The molecule has 0 unspecified atom stereocenters. The molecule has 0 radical (unpaired) electrons. The predicted molar refractivity (Wildman–Crippen MR) is 50.2 cm³/mol. The molecule has 0 saturated heterocycles. The van der Waals surface area contributed by atoms with Gasteiger partial charge in [0.1, 0.15) is 5.75 Å². The van der Waals surface area contributed by atoms with Gasteiger partial charge in [0.15, 0.2) is 5.92 Å². The molecule has 1 aromatic carbocycles. The first-order valence-electron chi connectivity index (χ1n) is 4.19. The van der Waals surface area contributed by atoms with Gasteiger partial charge in [-0.1, -0.05) is 6.07 Å². The molecule has 1 N–H and O–H groups in total. The summed E-state index contributed by atoms with van der Waals surface area (Å²) in [6.07, 6.45) is -10.9. The summed E-state index contributed by atoms with van der Waals surface area (Å²) in [5.41, 5.74) is -1.01. The van der Waals surface area contributed by atoms with Crippen LogP contribution in [0.4, 0.5) is 26.3 Å². The minimum atomic E-state index is -5.45. The van der Waals surface area contributed by atoms with Crippen LogP contribution in [0.2, 0.25) is 0 Å². The summed E-state index contributed by atoms with van der Waals surface area (Å²) in [6, 6.07) is 1.85. The zero-order valence-electron chi connectivity index (χ0n) is 7.97. The molecule has 8 heteroatoms. The summed E-state index contributed by atoms with van der Waals surface area (Å²) in [5.74, 6) is -4.07. The number of hydrogen-bond donors (Lipinski definition) is 2. The second kappa shape index (κ2) is 4.32. The van der Waals surface area contributed by atoms with E-state index in [9.17, 15) is 26.3 Å². The average molecular weight is 276 g/mol. The molecule has 1 rings (SSSR count). The van der Waals surface area contributed by atoms with E-state index in [1.54, 1.807) is 0 Å². The topological polar surface area (TPSA) is 20.2 Å². The third-order valence-electron chi connectivity index (χ3n) is 1.99. The van der Waals surface area contributed by atoms with Crippen LogP contribution in [0, 0.1) is 0 Å². The predicted octanol–water partition coefficient (Wildman–Crippen LogP) is 3.89. The van der Waals surface area contributed by atoms with Crippen molar-refractivity contribution in [3.05, 3.63) is 23.8 Å². The van der Waals surface area contributed by atoms with Crippen molar-refractivity contribution < 1.29 is 31.4 Å². The Balaban J connectivity index is 3.29. The summed E-state index contributed by atoms with van der Waals surface area (Å²) in [6.45, 7) is 0. The van der Waals surface area contributed by atoms with Crippen molar-refractivity contribution in [1.29, 1.82) is 0 Å². The lowest BCUT2D eigenvalue weighted by molar-refractivity contribution is -0.253. The number of phenolic OH excluding ortho intramolecular Hbond substituents is 1. The molecule has 0 bridgehead atoms. The van der Waals surface area contributed by atoms with E-state index in [1.807, 2.05) is 0 Å². The zero-order valence-corrected chi connectivity index (χ0v) is 8.87. The van der Waals surface area contributed by atoms with Crippen LogP contribution in [0.3, 0.4) is 0 Å². The molecule has 0 heterocycles. The van der Waals surface area contributed by atoms with Crippen LogP contribution in [-0.2, 0) is 0 Å². The third-order valence-corrected chi connectivity index (χ3v) is 2.35. The normalized spacial score (nSPS) is 13.2. The van der Waals surface area contributed by atoms with Crippen LogP contribution in [-0.4, -0.2) is 17.5 Å². The minimum absolute atomic E-state index is 0.346. The Kier molecular flexibility index (Phi) is 3.56. The van der Waals surface area contributed by atoms with E-state index >= 15 is 0 Å². The molecule has 17 heavy (non-hydrogen) atoms. The maximum atomic E-state index is 12.3. The first-order chi connectivity index (χ1) is 7.53. The minimum Gasteiger partial charge on any atom is -0.507 e. The monoisotopic (exact) mass is 276 g/mol. The molecule has 1 nitrogen and oxygen atoms in total. The largest absolute Gasteiger partial charge is 0.507 e. The molecule has 0 spiro atoms. The van der Waals surface area contributed by atoms with Crippen molar-refractivity contribution in [1.82, 2.24) is 0 Å². The van der Waals surface area contributed by atoms with Crippen molar-refractivity contribution in [3.8, 4) is 5.75 Å². The number of alkyl halides is 6. The average Bonchev–Trinajstić information content (AvgIpc) is 2.06. The number of benzene rings is 1. The van der Waals surface area contributed by atoms with E-state index in [0.717, 1.165) is 6.07 Å². The van der Waals surface area contributed by atoms with Crippen molar-refractivity contribution in [3.63, 3.8) is 0 Å². The van der Waals surface area contributed by atoms with Gasteiger partial charge in [-0.2, -0.15) is 26.3 Å². The quantitative estimate of drug-likeness (QED) is 0.589. The fourth-order valence-electron chi connectivity index (χ4n) is 1.28. The summed E-state index contributed by atoms with van der Waals surface area (Å²) < 4.78 is 74.0. The molecular formula is C9H6F6OS. The number of phenols is 1. The third kappa shape index (κ3) is 3.21. The number of thiol groups is 1. The summed E-state index contributed by atoms with van der Waals surface area (Å²) in [7, 11) is 0. The fourth-order valence-corrected chi connectivity index (χ4v) is 1.51. The first-order valence-corrected chi connectivity index (χ1v) is 4.63. The molecule has 0 saturated carbocycles. The van der Waals surface area contributed by atoms with Crippen LogP contribution >= 0.6 is 12.6 Å². The molecule has 0 aliphatic heterocycles. The van der Waals surface area contributed by atoms with Crippen LogP contribution in [0.5, 0.6) is 5.75 Å². The van der Waals surface area contributed by atoms with Gasteiger partial charge in [0.2, 0.25) is 0 Å². The van der Waals surface area contributed by atoms with Gasteiger partial charge in [0.05, 0.1) is 0 Å². The highest BCUT2D eigenvalue weighted by Crippen LogP contribution is 2.47. The molecule has 0 aliphatic rings. The molecule has 96 valence electrons. The zero-order chi connectivity index (χ0) is 13.4. The maximum Gasteiger partial charge on any atom is 0.404 e. The molecule has 0 aromatic heterocycles. The van der Waals surface area contributed by atoms with Gasteiger partial charge in [-0.25, -0.2) is 0 Å². The van der Waals surface area contributed by atoms with E-state index in [-0.39, 0.29) is 4.90 Å². The summed E-state index contributed by atoms with van der Waals surface area (Å²) in [4.78, 5) is -0.346. The molecule has 0 atom stereocenters. The highest BCUT2D eigenvalue weighted by Gasteiger charge is 2.57. The Morgan fingerprint density at radius 1 is 1.00 bits per heavy atom. The van der Waals surface area contributed by atoms with Gasteiger partial charge < -0.3 is 5.11 Å². The Bertz CT molecular complexity index is 397. The van der Waals surface area contributed by atoms with Gasteiger partial charge in [-0.15, -0.1) is 12.6 Å².